The second kappa shape index (κ2) is 8.93. The van der Waals surface area contributed by atoms with E-state index in [1.165, 1.54) is 0 Å². The highest BCUT2D eigenvalue weighted by Gasteiger charge is 2.49. The molecule has 172 valence electrons. The van der Waals surface area contributed by atoms with Gasteiger partial charge in [-0.3, -0.25) is 19.3 Å². The van der Waals surface area contributed by atoms with Gasteiger partial charge in [0, 0.05) is 24.3 Å². The number of imide groups is 1. The summed E-state index contributed by atoms with van der Waals surface area (Å²) in [6.45, 7) is 4.28. The van der Waals surface area contributed by atoms with Crippen molar-refractivity contribution >= 4 is 35.1 Å². The Morgan fingerprint density at radius 1 is 1.09 bits per heavy atom. The molecular weight excluding hydrogens is 424 g/mol. The van der Waals surface area contributed by atoms with E-state index in [1.54, 1.807) is 60.4 Å². The summed E-state index contributed by atoms with van der Waals surface area (Å²) in [5.74, 6) is -0.256. The Kier molecular flexibility index (Phi) is 6.04. The highest BCUT2D eigenvalue weighted by atomic mass is 16.5. The molecule has 2 fully saturated rings. The number of nitrogens with zero attached hydrogens (tertiary/aromatic N) is 2. The molecule has 0 aliphatic carbocycles. The fourth-order valence-corrected chi connectivity index (χ4v) is 4.08. The van der Waals surface area contributed by atoms with E-state index < -0.39 is 29.9 Å². The van der Waals surface area contributed by atoms with Crippen molar-refractivity contribution in [2.45, 2.75) is 32.2 Å². The molecule has 0 spiro atoms. The highest BCUT2D eigenvalue weighted by Crippen LogP contribution is 2.30. The van der Waals surface area contributed by atoms with Crippen molar-refractivity contribution in [1.82, 2.24) is 10.2 Å². The SMILES string of the molecule is CCOc1ccc([C@]2(C)NC(=O)N(CC(=O)Nc3ccc(N4CCCC4=O)cc3)C2=O)cc1. The standard InChI is InChI=1S/C24H26N4O5/c1-3-33-19-12-6-16(7-13-19)24(2)22(31)28(23(32)26-24)15-20(29)25-17-8-10-18(11-9-17)27-14-4-5-21(27)30/h6-13H,3-5,14-15H2,1-2H3,(H,25,29)(H,26,32)/t24-/m0/s1. The van der Waals surface area contributed by atoms with Crippen LogP contribution < -0.4 is 20.3 Å². The number of carbonyl (C=O) groups excluding carboxylic acids is 4. The van der Waals surface area contributed by atoms with Crippen molar-refractivity contribution in [2.75, 3.05) is 29.9 Å². The second-order valence-electron chi connectivity index (χ2n) is 8.15. The second-order valence-corrected chi connectivity index (χ2v) is 8.15. The average Bonchev–Trinajstić information content (AvgIpc) is 3.32. The zero-order valence-corrected chi connectivity index (χ0v) is 18.6. The molecular formula is C24H26N4O5. The van der Waals surface area contributed by atoms with E-state index in [2.05, 4.69) is 10.6 Å². The quantitative estimate of drug-likeness (QED) is 0.631. The minimum atomic E-state index is -1.27. The van der Waals surface area contributed by atoms with Crippen molar-refractivity contribution in [3.8, 4) is 5.75 Å². The maximum Gasteiger partial charge on any atom is 0.325 e. The van der Waals surface area contributed by atoms with E-state index in [0.717, 1.165) is 17.0 Å². The molecule has 33 heavy (non-hydrogen) atoms. The van der Waals surface area contributed by atoms with Crippen LogP contribution in [0.15, 0.2) is 48.5 Å². The summed E-state index contributed by atoms with van der Waals surface area (Å²) in [5, 5.41) is 5.38. The number of anilines is 2. The molecule has 2 aromatic rings. The zero-order chi connectivity index (χ0) is 23.6. The first-order chi connectivity index (χ1) is 15.8. The number of benzene rings is 2. The fourth-order valence-electron chi connectivity index (χ4n) is 4.08. The van der Waals surface area contributed by atoms with E-state index in [-0.39, 0.29) is 5.91 Å². The molecule has 0 saturated carbocycles. The normalized spacial score (nSPS) is 20.2. The van der Waals surface area contributed by atoms with Crippen LogP contribution in [0.25, 0.3) is 0 Å². The molecule has 2 N–H and O–H groups in total. The van der Waals surface area contributed by atoms with Gasteiger partial charge >= 0.3 is 6.03 Å². The largest absolute Gasteiger partial charge is 0.494 e. The number of ether oxygens (including phenoxy) is 1. The summed E-state index contributed by atoms with van der Waals surface area (Å²) in [7, 11) is 0. The lowest BCUT2D eigenvalue weighted by Gasteiger charge is -2.22. The van der Waals surface area contributed by atoms with Gasteiger partial charge in [-0.25, -0.2) is 4.79 Å². The van der Waals surface area contributed by atoms with Crippen LogP contribution in [0.2, 0.25) is 0 Å². The molecule has 2 aliphatic rings. The van der Waals surface area contributed by atoms with Gasteiger partial charge < -0.3 is 20.3 Å². The highest BCUT2D eigenvalue weighted by molar-refractivity contribution is 6.10. The number of carbonyl (C=O) groups is 4. The number of nitrogens with one attached hydrogen (secondary N) is 2. The van der Waals surface area contributed by atoms with E-state index in [0.29, 0.717) is 36.6 Å². The number of amides is 5. The molecule has 4 rings (SSSR count). The lowest BCUT2D eigenvalue weighted by molar-refractivity contribution is -0.133. The predicted octanol–water partition coefficient (Wildman–Crippen LogP) is 2.62. The van der Waals surface area contributed by atoms with Crippen LogP contribution in [0.5, 0.6) is 5.75 Å². The molecule has 9 nitrogen and oxygen atoms in total. The van der Waals surface area contributed by atoms with E-state index >= 15 is 0 Å². The van der Waals surface area contributed by atoms with Crippen molar-refractivity contribution < 1.29 is 23.9 Å². The van der Waals surface area contributed by atoms with Gasteiger partial charge in [0.05, 0.1) is 6.61 Å². The van der Waals surface area contributed by atoms with Crippen molar-refractivity contribution in [1.29, 1.82) is 0 Å². The average molecular weight is 450 g/mol. The maximum absolute atomic E-state index is 13.1. The van der Waals surface area contributed by atoms with Gasteiger partial charge in [-0.2, -0.15) is 0 Å². The van der Waals surface area contributed by atoms with Crippen molar-refractivity contribution in [3.05, 3.63) is 54.1 Å². The lowest BCUT2D eigenvalue weighted by atomic mass is 9.92. The van der Waals surface area contributed by atoms with Crippen LogP contribution in [0.3, 0.4) is 0 Å². The van der Waals surface area contributed by atoms with Gasteiger partial charge in [0.25, 0.3) is 5.91 Å². The molecule has 0 radical (unpaired) electrons. The minimum absolute atomic E-state index is 0.0842. The van der Waals surface area contributed by atoms with Gasteiger partial charge in [-0.15, -0.1) is 0 Å². The third-order valence-electron chi connectivity index (χ3n) is 5.86. The lowest BCUT2D eigenvalue weighted by Crippen LogP contribution is -2.42. The Morgan fingerprint density at radius 2 is 1.79 bits per heavy atom. The van der Waals surface area contributed by atoms with E-state index in [9.17, 15) is 19.2 Å². The third-order valence-corrected chi connectivity index (χ3v) is 5.86. The molecule has 5 amide bonds. The Labute approximate surface area is 191 Å². The molecule has 0 unspecified atom stereocenters. The fraction of sp³-hybridized carbons (Fsp3) is 0.333. The molecule has 0 bridgehead atoms. The number of urea groups is 1. The molecule has 1 atom stereocenters. The Bertz CT molecular complexity index is 1080. The first-order valence-electron chi connectivity index (χ1n) is 10.9. The molecule has 9 heteroatoms. The van der Waals surface area contributed by atoms with Gasteiger partial charge in [0.15, 0.2) is 0 Å². The third kappa shape index (κ3) is 4.39. The summed E-state index contributed by atoms with van der Waals surface area (Å²) in [4.78, 5) is 52.6. The van der Waals surface area contributed by atoms with Crippen LogP contribution in [0.4, 0.5) is 16.2 Å². The minimum Gasteiger partial charge on any atom is -0.494 e. The number of rotatable bonds is 7. The Hall–Kier alpha value is -3.88. The van der Waals surface area contributed by atoms with E-state index in [4.69, 9.17) is 4.74 Å². The van der Waals surface area contributed by atoms with Crippen molar-refractivity contribution in [2.24, 2.45) is 0 Å². The Morgan fingerprint density at radius 3 is 2.39 bits per heavy atom. The molecule has 2 aliphatic heterocycles. The topological polar surface area (TPSA) is 108 Å². The van der Waals surface area contributed by atoms with Crippen LogP contribution >= 0.6 is 0 Å². The molecule has 2 aromatic carbocycles. The smallest absolute Gasteiger partial charge is 0.325 e. The Balaban J connectivity index is 1.40. The van der Waals surface area contributed by atoms with Crippen molar-refractivity contribution in [3.63, 3.8) is 0 Å². The summed E-state index contributed by atoms with van der Waals surface area (Å²) in [5.41, 5.74) is 0.609. The zero-order valence-electron chi connectivity index (χ0n) is 18.6. The summed E-state index contributed by atoms with van der Waals surface area (Å²) in [6, 6.07) is 13.2. The summed E-state index contributed by atoms with van der Waals surface area (Å²) < 4.78 is 5.42. The van der Waals surface area contributed by atoms with Gasteiger partial charge in [-0.05, 0) is 62.2 Å². The van der Waals surface area contributed by atoms with E-state index in [1.807, 2.05) is 6.92 Å². The van der Waals surface area contributed by atoms with Gasteiger partial charge in [-0.1, -0.05) is 12.1 Å². The van der Waals surface area contributed by atoms with Gasteiger partial charge in [0.2, 0.25) is 11.8 Å². The van der Waals surface area contributed by atoms with Crippen LogP contribution in [-0.4, -0.2) is 48.3 Å². The first kappa shape index (κ1) is 22.3. The summed E-state index contributed by atoms with van der Waals surface area (Å²) >= 11 is 0. The van der Waals surface area contributed by atoms with Crippen LogP contribution in [-0.2, 0) is 19.9 Å². The maximum atomic E-state index is 13.1. The summed E-state index contributed by atoms with van der Waals surface area (Å²) in [6.07, 6.45) is 1.37. The van der Waals surface area contributed by atoms with Crippen LogP contribution in [0, 0.1) is 0 Å². The van der Waals surface area contributed by atoms with Crippen LogP contribution in [0.1, 0.15) is 32.3 Å². The van der Waals surface area contributed by atoms with Gasteiger partial charge in [0.1, 0.15) is 17.8 Å². The first-order valence-corrected chi connectivity index (χ1v) is 10.9. The monoisotopic (exact) mass is 450 g/mol. The predicted molar refractivity (Wildman–Crippen MR) is 122 cm³/mol. The molecule has 2 heterocycles. The number of hydrogen-bond acceptors (Lipinski definition) is 5. The number of hydrogen-bond donors (Lipinski definition) is 2. The molecule has 2 saturated heterocycles. The molecule has 0 aromatic heterocycles.